The highest BCUT2D eigenvalue weighted by atomic mass is 16.5. The molecule has 0 saturated carbocycles. The lowest BCUT2D eigenvalue weighted by Crippen LogP contribution is -2.51. The summed E-state index contributed by atoms with van der Waals surface area (Å²) in [5, 5.41) is 8.67. The molecule has 0 fully saturated rings. The monoisotopic (exact) mass is 439 g/mol. The van der Waals surface area contributed by atoms with Gasteiger partial charge in [-0.3, -0.25) is 25.4 Å². The van der Waals surface area contributed by atoms with Crippen molar-refractivity contribution in [2.24, 2.45) is 5.10 Å². The Morgan fingerprint density at radius 3 is 2.50 bits per heavy atom. The van der Waals surface area contributed by atoms with E-state index in [1.807, 2.05) is 18.2 Å². The lowest BCUT2D eigenvalue weighted by molar-refractivity contribution is -0.135. The van der Waals surface area contributed by atoms with E-state index in [1.165, 1.54) is 12.1 Å². The number of rotatable bonds is 8. The second-order valence-corrected chi connectivity index (χ2v) is 6.76. The van der Waals surface area contributed by atoms with Crippen LogP contribution in [0.3, 0.4) is 0 Å². The fraction of sp³-hybridized carbons (Fsp3) is 0.273. The maximum absolute atomic E-state index is 12.8. The molecule has 0 aliphatic carbocycles. The van der Waals surface area contributed by atoms with Crippen molar-refractivity contribution in [1.29, 1.82) is 0 Å². The number of ether oxygens (including phenoxy) is 2. The zero-order chi connectivity index (χ0) is 22.9. The largest absolute Gasteiger partial charge is 0.495 e. The SMILES string of the molecule is CCOC(=O)C1=NN(c2ccccc2)C(C(=O)NNC(=O)CNc2ccccc2OC)C1. The van der Waals surface area contributed by atoms with Gasteiger partial charge in [0.15, 0.2) is 0 Å². The number of amides is 2. The van der Waals surface area contributed by atoms with Gasteiger partial charge in [0, 0.05) is 6.42 Å². The van der Waals surface area contributed by atoms with Gasteiger partial charge in [-0.25, -0.2) is 4.79 Å². The zero-order valence-electron chi connectivity index (χ0n) is 17.8. The lowest BCUT2D eigenvalue weighted by Gasteiger charge is -2.22. The highest BCUT2D eigenvalue weighted by molar-refractivity contribution is 6.38. The maximum atomic E-state index is 12.8. The molecule has 2 amide bonds. The van der Waals surface area contributed by atoms with Crippen molar-refractivity contribution in [3.8, 4) is 5.75 Å². The first-order valence-corrected chi connectivity index (χ1v) is 10.1. The molecule has 1 heterocycles. The van der Waals surface area contributed by atoms with Gasteiger partial charge < -0.3 is 14.8 Å². The molecule has 3 rings (SSSR count). The van der Waals surface area contributed by atoms with Crippen LogP contribution in [0, 0.1) is 0 Å². The molecule has 10 heteroatoms. The van der Waals surface area contributed by atoms with Gasteiger partial charge >= 0.3 is 5.97 Å². The van der Waals surface area contributed by atoms with Crippen LogP contribution in [0.4, 0.5) is 11.4 Å². The van der Waals surface area contributed by atoms with Crippen LogP contribution in [0.1, 0.15) is 13.3 Å². The molecule has 1 atom stereocenters. The molecule has 0 spiro atoms. The number of hydrazone groups is 1. The molecule has 1 aliphatic heterocycles. The van der Waals surface area contributed by atoms with Crippen LogP contribution in [0.15, 0.2) is 59.7 Å². The Kier molecular flexibility index (Phi) is 7.63. The Balaban J connectivity index is 1.60. The number of nitrogens with zero attached hydrogens (tertiary/aromatic N) is 2. The number of benzene rings is 2. The summed E-state index contributed by atoms with van der Waals surface area (Å²) in [5.74, 6) is -0.950. The molecular formula is C22H25N5O5. The molecule has 168 valence electrons. The van der Waals surface area contributed by atoms with Crippen LogP contribution in [0.5, 0.6) is 5.75 Å². The minimum atomic E-state index is -0.820. The van der Waals surface area contributed by atoms with Crippen molar-refractivity contribution in [1.82, 2.24) is 10.9 Å². The molecule has 32 heavy (non-hydrogen) atoms. The van der Waals surface area contributed by atoms with Crippen molar-refractivity contribution in [2.75, 3.05) is 30.6 Å². The van der Waals surface area contributed by atoms with Crippen LogP contribution in [0.25, 0.3) is 0 Å². The van der Waals surface area contributed by atoms with E-state index in [0.29, 0.717) is 17.1 Å². The summed E-state index contributed by atoms with van der Waals surface area (Å²) in [6, 6.07) is 15.3. The average Bonchev–Trinajstić information content (AvgIpc) is 3.28. The first-order chi connectivity index (χ1) is 15.5. The van der Waals surface area contributed by atoms with Gasteiger partial charge in [0.2, 0.25) is 0 Å². The standard InChI is InChI=1S/C22H25N5O5/c1-3-32-22(30)17-13-18(27(26-17)15-9-5-4-6-10-15)21(29)25-24-20(28)14-23-16-11-7-8-12-19(16)31-2/h4-12,18,23H,3,13-14H2,1-2H3,(H,24,28)(H,25,29). The fourth-order valence-corrected chi connectivity index (χ4v) is 3.10. The lowest BCUT2D eigenvalue weighted by atomic mass is 10.1. The second-order valence-electron chi connectivity index (χ2n) is 6.76. The summed E-state index contributed by atoms with van der Waals surface area (Å²) in [6.45, 7) is 1.81. The van der Waals surface area contributed by atoms with E-state index < -0.39 is 23.8 Å². The van der Waals surface area contributed by atoms with Crippen LogP contribution in [0.2, 0.25) is 0 Å². The number of hydrogen-bond acceptors (Lipinski definition) is 8. The predicted octanol–water partition coefficient (Wildman–Crippen LogP) is 1.45. The van der Waals surface area contributed by atoms with E-state index in [4.69, 9.17) is 9.47 Å². The number of anilines is 2. The summed E-state index contributed by atoms with van der Waals surface area (Å²) in [6.07, 6.45) is 0.0505. The molecule has 3 N–H and O–H groups in total. The van der Waals surface area contributed by atoms with Crippen LogP contribution in [-0.2, 0) is 19.1 Å². The number of hydrazine groups is 1. The zero-order valence-corrected chi connectivity index (χ0v) is 17.8. The van der Waals surface area contributed by atoms with Gasteiger partial charge in [-0.05, 0) is 31.2 Å². The van der Waals surface area contributed by atoms with Gasteiger partial charge in [0.1, 0.15) is 17.5 Å². The quantitative estimate of drug-likeness (QED) is 0.420. The third-order valence-electron chi connectivity index (χ3n) is 4.62. The number of methoxy groups -OCH3 is 1. The summed E-state index contributed by atoms with van der Waals surface area (Å²) < 4.78 is 10.2. The van der Waals surface area contributed by atoms with Gasteiger partial charge in [0.25, 0.3) is 11.8 Å². The van der Waals surface area contributed by atoms with E-state index >= 15 is 0 Å². The van der Waals surface area contributed by atoms with E-state index in [1.54, 1.807) is 43.3 Å². The number of para-hydroxylation sites is 3. The molecule has 2 aromatic rings. The van der Waals surface area contributed by atoms with Crippen molar-refractivity contribution in [3.63, 3.8) is 0 Å². The number of carbonyl (C=O) groups excluding carboxylic acids is 3. The first kappa shape index (κ1) is 22.6. The van der Waals surface area contributed by atoms with Crippen molar-refractivity contribution in [3.05, 3.63) is 54.6 Å². The molecule has 1 aliphatic rings. The van der Waals surface area contributed by atoms with Crippen LogP contribution in [-0.4, -0.2) is 49.8 Å². The minimum absolute atomic E-state index is 0.0505. The third kappa shape index (κ3) is 5.54. The Labute approximate surface area is 185 Å². The second kappa shape index (κ2) is 10.8. The molecule has 2 aromatic carbocycles. The number of nitrogens with one attached hydrogen (secondary N) is 3. The number of carbonyl (C=O) groups is 3. The van der Waals surface area contributed by atoms with E-state index in [9.17, 15) is 14.4 Å². The predicted molar refractivity (Wildman–Crippen MR) is 119 cm³/mol. The Hall–Kier alpha value is -4.08. The van der Waals surface area contributed by atoms with E-state index in [0.717, 1.165) is 0 Å². The third-order valence-corrected chi connectivity index (χ3v) is 4.62. The van der Waals surface area contributed by atoms with Gasteiger partial charge in [0.05, 0.1) is 31.6 Å². The van der Waals surface area contributed by atoms with Crippen molar-refractivity contribution < 1.29 is 23.9 Å². The molecule has 0 saturated heterocycles. The summed E-state index contributed by atoms with van der Waals surface area (Å²) in [4.78, 5) is 37.1. The van der Waals surface area contributed by atoms with Crippen LogP contribution < -0.4 is 25.9 Å². The van der Waals surface area contributed by atoms with Gasteiger partial charge in [-0.1, -0.05) is 30.3 Å². The Morgan fingerprint density at radius 2 is 1.78 bits per heavy atom. The Bertz CT molecular complexity index is 995. The normalized spacial score (nSPS) is 14.9. The summed E-state index contributed by atoms with van der Waals surface area (Å²) >= 11 is 0. The fourth-order valence-electron chi connectivity index (χ4n) is 3.10. The van der Waals surface area contributed by atoms with Gasteiger partial charge in [-0.2, -0.15) is 5.10 Å². The van der Waals surface area contributed by atoms with E-state index in [2.05, 4.69) is 21.3 Å². The van der Waals surface area contributed by atoms with Crippen molar-refractivity contribution in [2.45, 2.75) is 19.4 Å². The molecule has 1 unspecified atom stereocenters. The van der Waals surface area contributed by atoms with E-state index in [-0.39, 0.29) is 25.3 Å². The Morgan fingerprint density at radius 1 is 1.06 bits per heavy atom. The summed E-state index contributed by atoms with van der Waals surface area (Å²) in [7, 11) is 1.54. The molecule has 0 bridgehead atoms. The smallest absolute Gasteiger partial charge is 0.354 e. The van der Waals surface area contributed by atoms with Crippen molar-refractivity contribution >= 4 is 34.9 Å². The highest BCUT2D eigenvalue weighted by Gasteiger charge is 2.37. The molecule has 0 aromatic heterocycles. The molecular weight excluding hydrogens is 414 g/mol. The average molecular weight is 439 g/mol. The van der Waals surface area contributed by atoms with Crippen LogP contribution >= 0.6 is 0 Å². The topological polar surface area (TPSA) is 121 Å². The van der Waals surface area contributed by atoms with Gasteiger partial charge in [-0.15, -0.1) is 0 Å². The summed E-state index contributed by atoms with van der Waals surface area (Å²) in [5.41, 5.74) is 6.20. The molecule has 0 radical (unpaired) electrons. The number of esters is 1. The highest BCUT2D eigenvalue weighted by Crippen LogP contribution is 2.25. The maximum Gasteiger partial charge on any atom is 0.354 e. The molecule has 10 nitrogen and oxygen atoms in total. The first-order valence-electron chi connectivity index (χ1n) is 10.1. The minimum Gasteiger partial charge on any atom is -0.495 e. The number of hydrogen-bond donors (Lipinski definition) is 3.